The quantitative estimate of drug-likeness (QED) is 0.613. The Labute approximate surface area is 93.3 Å². The molecule has 3 nitrogen and oxygen atoms in total. The molecule has 0 unspecified atom stereocenters. The van der Waals surface area contributed by atoms with Gasteiger partial charge in [-0.25, -0.2) is 0 Å². The molecule has 1 N–H and O–H groups in total. The van der Waals surface area contributed by atoms with Gasteiger partial charge in [0.15, 0.2) is 5.75 Å². The van der Waals surface area contributed by atoms with Crippen LogP contribution in [0.25, 0.3) is 0 Å². The van der Waals surface area contributed by atoms with Gasteiger partial charge in [-0.15, -0.1) is 0 Å². The zero-order valence-electron chi connectivity index (χ0n) is 8.88. The second-order valence-corrected chi connectivity index (χ2v) is 3.89. The van der Waals surface area contributed by atoms with Crippen molar-refractivity contribution in [2.75, 3.05) is 0 Å². The second kappa shape index (κ2) is 3.17. The van der Waals surface area contributed by atoms with E-state index in [0.717, 1.165) is 22.6 Å². The Morgan fingerprint density at radius 3 is 2.69 bits per heavy atom. The molecule has 2 aromatic rings. The molecule has 0 fully saturated rings. The molecule has 16 heavy (non-hydrogen) atoms. The number of nitrogens with zero attached hydrogens (tertiary/aromatic N) is 2. The highest BCUT2D eigenvalue weighted by Gasteiger charge is 2.32. The number of phenolic OH excluding ortho intramolecular Hbond substituents is 1. The highest BCUT2D eigenvalue weighted by molar-refractivity contribution is 5.73. The van der Waals surface area contributed by atoms with Gasteiger partial charge in [-0.3, -0.25) is 0 Å². The van der Waals surface area contributed by atoms with E-state index in [-0.39, 0.29) is 5.75 Å². The average Bonchev–Trinajstić information content (AvgIpc) is 2.25. The molecule has 78 valence electrons. The summed E-state index contributed by atoms with van der Waals surface area (Å²) in [5, 5.41) is 14.1. The molecular weight excluding hydrogens is 200 g/mol. The first-order valence-electron chi connectivity index (χ1n) is 5.16. The Morgan fingerprint density at radius 2 is 1.88 bits per heavy atom. The molecule has 1 aliphatic heterocycles. The third-order valence-electron chi connectivity index (χ3n) is 2.68. The van der Waals surface area contributed by atoms with E-state index in [0.29, 0.717) is 0 Å². The zero-order chi connectivity index (χ0) is 11.1. The number of benzene rings is 2. The van der Waals surface area contributed by atoms with Gasteiger partial charge in [0.05, 0.1) is 0 Å². The van der Waals surface area contributed by atoms with E-state index in [1.165, 1.54) is 0 Å². The largest absolute Gasteiger partial charge is 0.502 e. The lowest BCUT2D eigenvalue weighted by Gasteiger charge is -2.09. The molecule has 3 rings (SSSR count). The maximum atomic E-state index is 9.79. The van der Waals surface area contributed by atoms with Crippen LogP contribution in [0.1, 0.15) is 5.56 Å². The highest BCUT2D eigenvalue weighted by atomic mass is 16.3. The minimum Gasteiger partial charge on any atom is -0.502 e. The maximum Gasteiger partial charge on any atom is 0.280 e. The van der Waals surface area contributed by atoms with E-state index >= 15 is 0 Å². The summed E-state index contributed by atoms with van der Waals surface area (Å²) < 4.78 is 1.76. The summed E-state index contributed by atoms with van der Waals surface area (Å²) in [6, 6.07) is 13.4. The Hall–Kier alpha value is -2.16. The van der Waals surface area contributed by atoms with Crippen LogP contribution in [0, 0.1) is 6.92 Å². The molecule has 0 aliphatic carbocycles. The third kappa shape index (κ3) is 1.21. The first-order chi connectivity index (χ1) is 7.75. The van der Waals surface area contributed by atoms with E-state index in [1.54, 1.807) is 10.8 Å². The Morgan fingerprint density at radius 1 is 1.06 bits per heavy atom. The summed E-state index contributed by atoms with van der Waals surface area (Å²) in [6.45, 7) is 1.99. The van der Waals surface area contributed by atoms with Crippen LogP contribution in [0.15, 0.2) is 47.6 Å². The highest BCUT2D eigenvalue weighted by Crippen LogP contribution is 2.42. The molecule has 1 heterocycles. The monoisotopic (exact) mass is 211 g/mol. The number of hydrogen-bond donors (Lipinski definition) is 1. The van der Waals surface area contributed by atoms with Gasteiger partial charge in [0.2, 0.25) is 5.69 Å². The molecule has 0 bridgehead atoms. The minimum absolute atomic E-state index is 0.254. The van der Waals surface area contributed by atoms with Gasteiger partial charge in [0.25, 0.3) is 11.4 Å². The van der Waals surface area contributed by atoms with Crippen LogP contribution in [0.3, 0.4) is 0 Å². The maximum absolute atomic E-state index is 9.79. The Bertz CT molecular complexity index is 603. The first kappa shape index (κ1) is 9.09. The van der Waals surface area contributed by atoms with Crippen molar-refractivity contribution >= 4 is 17.1 Å². The number of azo groups is 2. The molecule has 0 saturated heterocycles. The fourth-order valence-corrected chi connectivity index (χ4v) is 1.83. The third-order valence-corrected chi connectivity index (χ3v) is 2.68. The standard InChI is InChI=1S/C13H10N2O/c1-9-6-7-13(16)12(8-9)15-11-5-3-2-4-10(11)14-15/h2-8H,1H3/p+1. The molecule has 0 saturated carbocycles. The predicted molar refractivity (Wildman–Crippen MR) is 62.8 cm³/mol. The molecule has 3 heteroatoms. The lowest BCUT2D eigenvalue weighted by atomic mass is 10.1. The van der Waals surface area contributed by atoms with Gasteiger partial charge in [-0.05, 0) is 29.3 Å². The predicted octanol–water partition coefficient (Wildman–Crippen LogP) is 3.63. The summed E-state index contributed by atoms with van der Waals surface area (Å²) in [7, 11) is 0. The van der Waals surface area contributed by atoms with Crippen LogP contribution in [-0.4, -0.2) is 5.11 Å². The fraction of sp³-hybridized carbons (Fsp3) is 0.0769. The topological polar surface area (TPSA) is 35.6 Å². The summed E-state index contributed by atoms with van der Waals surface area (Å²) in [6.07, 6.45) is 0. The van der Waals surface area contributed by atoms with Crippen LogP contribution < -0.4 is 4.70 Å². The number of para-hydroxylation sites is 1. The van der Waals surface area contributed by atoms with Gasteiger partial charge in [0, 0.05) is 17.2 Å². The Balaban J connectivity index is 2.12. The molecule has 0 atom stereocenters. The number of aryl methyl sites for hydroxylation is 1. The fourth-order valence-electron chi connectivity index (χ4n) is 1.83. The summed E-state index contributed by atoms with van der Waals surface area (Å²) in [5.74, 6) is 0.254. The lowest BCUT2D eigenvalue weighted by Crippen LogP contribution is -2.08. The van der Waals surface area contributed by atoms with Crippen molar-refractivity contribution in [1.82, 2.24) is 4.70 Å². The smallest absolute Gasteiger partial charge is 0.280 e. The average molecular weight is 211 g/mol. The number of hydrogen-bond acceptors (Lipinski definition) is 2. The van der Waals surface area contributed by atoms with Crippen molar-refractivity contribution in [1.29, 1.82) is 0 Å². The zero-order valence-corrected chi connectivity index (χ0v) is 8.88. The van der Waals surface area contributed by atoms with Crippen molar-refractivity contribution in [3.8, 4) is 5.75 Å². The number of rotatable bonds is 1. The molecule has 0 spiro atoms. The van der Waals surface area contributed by atoms with E-state index in [9.17, 15) is 5.11 Å². The second-order valence-electron chi connectivity index (χ2n) is 3.89. The normalized spacial score (nSPS) is 12.7. The lowest BCUT2D eigenvalue weighted by molar-refractivity contribution is 0.471. The van der Waals surface area contributed by atoms with E-state index in [1.807, 2.05) is 43.3 Å². The van der Waals surface area contributed by atoms with E-state index < -0.39 is 0 Å². The molecule has 1 aliphatic rings. The molecule has 0 radical (unpaired) electrons. The minimum atomic E-state index is 0.254. The number of fused-ring (bicyclic) bond motifs is 1. The van der Waals surface area contributed by atoms with Crippen LogP contribution in [0.4, 0.5) is 17.1 Å². The van der Waals surface area contributed by atoms with Crippen molar-refractivity contribution in [3.63, 3.8) is 0 Å². The SMILES string of the molecule is Cc1ccc(O)c([N+]2=Nc3ccccc32)c1. The van der Waals surface area contributed by atoms with Crippen LogP contribution in [0.5, 0.6) is 5.75 Å². The van der Waals surface area contributed by atoms with Gasteiger partial charge in [-0.1, -0.05) is 18.2 Å². The van der Waals surface area contributed by atoms with Crippen molar-refractivity contribution in [2.24, 2.45) is 5.11 Å². The molecule has 0 aromatic heterocycles. The van der Waals surface area contributed by atoms with Crippen molar-refractivity contribution in [2.45, 2.75) is 6.92 Å². The van der Waals surface area contributed by atoms with E-state index in [2.05, 4.69) is 5.11 Å². The van der Waals surface area contributed by atoms with Crippen molar-refractivity contribution < 1.29 is 5.11 Å². The van der Waals surface area contributed by atoms with E-state index in [4.69, 9.17) is 0 Å². The van der Waals surface area contributed by atoms with Gasteiger partial charge < -0.3 is 5.11 Å². The molecule has 0 amide bonds. The van der Waals surface area contributed by atoms with Crippen LogP contribution in [0.2, 0.25) is 0 Å². The van der Waals surface area contributed by atoms with Crippen LogP contribution in [-0.2, 0) is 0 Å². The molecular formula is C13H11N2O+. The van der Waals surface area contributed by atoms with Gasteiger partial charge in [-0.2, -0.15) is 0 Å². The van der Waals surface area contributed by atoms with Crippen LogP contribution >= 0.6 is 0 Å². The summed E-state index contributed by atoms with van der Waals surface area (Å²) in [5.41, 5.74) is 3.83. The van der Waals surface area contributed by atoms with Crippen molar-refractivity contribution in [3.05, 3.63) is 48.0 Å². The number of phenols is 1. The first-order valence-corrected chi connectivity index (χ1v) is 5.16. The summed E-state index contributed by atoms with van der Waals surface area (Å²) >= 11 is 0. The van der Waals surface area contributed by atoms with Gasteiger partial charge >= 0.3 is 0 Å². The summed E-state index contributed by atoms with van der Waals surface area (Å²) in [4.78, 5) is 0. The number of aromatic hydroxyl groups is 1. The molecule has 2 aromatic carbocycles. The Kier molecular flexibility index (Phi) is 1.80. The van der Waals surface area contributed by atoms with Gasteiger partial charge in [0.1, 0.15) is 0 Å².